The molecule has 0 aliphatic heterocycles. The largest absolute Gasteiger partial charge is 0.292 e. The lowest BCUT2D eigenvalue weighted by Crippen LogP contribution is -2.01. The van der Waals surface area contributed by atoms with Crippen LogP contribution >= 0.6 is 0 Å². The van der Waals surface area contributed by atoms with Gasteiger partial charge < -0.3 is 0 Å². The molecule has 3 aromatic heterocycles. The van der Waals surface area contributed by atoms with Gasteiger partial charge in [0.25, 0.3) is 0 Å². The molecule has 56 heavy (non-hydrogen) atoms. The summed E-state index contributed by atoms with van der Waals surface area (Å²) in [5, 5.41) is 0. The van der Waals surface area contributed by atoms with Crippen molar-refractivity contribution in [3.63, 3.8) is 0 Å². The summed E-state index contributed by atoms with van der Waals surface area (Å²) in [6.07, 6.45) is 0. The highest BCUT2D eigenvalue weighted by molar-refractivity contribution is 5.85. The van der Waals surface area contributed by atoms with Gasteiger partial charge in [-0.05, 0) is 60.7 Å². The fraction of sp³-hybridized carbons (Fsp3) is 0. The van der Waals surface area contributed by atoms with Crippen LogP contribution in [0.5, 0.6) is 0 Å². The Kier molecular flexibility index (Phi) is 8.03. The minimum Gasteiger partial charge on any atom is -0.292 e. The minimum absolute atomic E-state index is 0.320. The molecule has 7 nitrogen and oxygen atoms in total. The van der Waals surface area contributed by atoms with Crippen LogP contribution in [0.25, 0.3) is 90.4 Å². The molecule has 0 atom stereocenters. The highest BCUT2D eigenvalue weighted by Crippen LogP contribution is 2.33. The van der Waals surface area contributed by atoms with Crippen molar-refractivity contribution in [2.75, 3.05) is 0 Å². The van der Waals surface area contributed by atoms with E-state index in [4.69, 9.17) is 24.9 Å². The molecular weight excluding hydrogens is 701 g/mol. The summed E-state index contributed by atoms with van der Waals surface area (Å²) < 4.78 is 32.8. The SMILES string of the molecule is Fc1cccc(-n2c(-c3ccc(-c4nc(-c5ccccc5)nc(-c5ccc(-c6nc7ccccc7n6-c6cccc(F)c6)cc5)n4)cc3)nc3ccccc32)c1. The lowest BCUT2D eigenvalue weighted by molar-refractivity contribution is 0.626. The fourth-order valence-corrected chi connectivity index (χ4v) is 7.08. The molecule has 9 heteroatoms. The van der Waals surface area contributed by atoms with Gasteiger partial charge in [-0.15, -0.1) is 0 Å². The van der Waals surface area contributed by atoms with Crippen molar-refractivity contribution in [1.82, 2.24) is 34.1 Å². The van der Waals surface area contributed by atoms with Crippen LogP contribution in [-0.4, -0.2) is 34.1 Å². The van der Waals surface area contributed by atoms with Crippen LogP contribution in [0.15, 0.2) is 176 Å². The minimum atomic E-state index is -0.320. The average Bonchev–Trinajstić information content (AvgIpc) is 3.84. The van der Waals surface area contributed by atoms with Crippen LogP contribution in [0, 0.1) is 11.6 Å². The van der Waals surface area contributed by atoms with Gasteiger partial charge in [-0.1, -0.05) is 115 Å². The van der Waals surface area contributed by atoms with Gasteiger partial charge in [-0.25, -0.2) is 33.7 Å². The van der Waals surface area contributed by atoms with Crippen molar-refractivity contribution in [2.24, 2.45) is 0 Å². The zero-order valence-corrected chi connectivity index (χ0v) is 29.6. The lowest BCUT2D eigenvalue weighted by Gasteiger charge is -2.12. The highest BCUT2D eigenvalue weighted by atomic mass is 19.1. The third-order valence-corrected chi connectivity index (χ3v) is 9.72. The first-order valence-corrected chi connectivity index (χ1v) is 18.1. The third-order valence-electron chi connectivity index (χ3n) is 9.72. The maximum atomic E-state index is 14.4. The van der Waals surface area contributed by atoms with Gasteiger partial charge in [0.2, 0.25) is 0 Å². The number of hydrogen-bond donors (Lipinski definition) is 0. The van der Waals surface area contributed by atoms with E-state index in [-0.39, 0.29) is 11.6 Å². The first-order valence-electron chi connectivity index (χ1n) is 18.1. The van der Waals surface area contributed by atoms with E-state index >= 15 is 0 Å². The molecule has 266 valence electrons. The maximum Gasteiger partial charge on any atom is 0.164 e. The summed E-state index contributed by atoms with van der Waals surface area (Å²) in [7, 11) is 0. The van der Waals surface area contributed by atoms with E-state index in [1.165, 1.54) is 24.3 Å². The Balaban J connectivity index is 1.05. The molecule has 0 amide bonds. The van der Waals surface area contributed by atoms with Gasteiger partial charge in [-0.3, -0.25) is 9.13 Å². The Bertz CT molecular complexity index is 2860. The van der Waals surface area contributed by atoms with Crippen LogP contribution < -0.4 is 0 Å². The Morgan fingerprint density at radius 2 is 0.696 bits per heavy atom. The van der Waals surface area contributed by atoms with Gasteiger partial charge in [-0.2, -0.15) is 0 Å². The van der Waals surface area contributed by atoms with E-state index < -0.39 is 0 Å². The van der Waals surface area contributed by atoms with Crippen LogP contribution in [-0.2, 0) is 0 Å². The van der Waals surface area contributed by atoms with Gasteiger partial charge in [0.1, 0.15) is 23.3 Å². The number of aromatic nitrogens is 7. The number of para-hydroxylation sites is 4. The molecule has 0 aliphatic rings. The van der Waals surface area contributed by atoms with Crippen molar-refractivity contribution in [1.29, 1.82) is 0 Å². The van der Waals surface area contributed by atoms with E-state index in [1.807, 2.05) is 149 Å². The first kappa shape index (κ1) is 33.0. The molecule has 0 N–H and O–H groups in total. The molecular formula is C47H29F2N7. The summed E-state index contributed by atoms with van der Waals surface area (Å²) >= 11 is 0. The van der Waals surface area contributed by atoms with E-state index in [9.17, 15) is 8.78 Å². The normalized spacial score (nSPS) is 11.4. The second-order valence-electron chi connectivity index (χ2n) is 13.3. The molecule has 10 aromatic rings. The van der Waals surface area contributed by atoms with Crippen molar-refractivity contribution in [3.05, 3.63) is 188 Å². The standard InChI is InChI=1S/C47H29F2N7/c48-35-12-8-14-37(28-35)55-41-18-6-4-16-39(41)50-46(55)33-24-20-31(21-25-33)44-52-43(30-10-2-1-3-11-30)53-45(54-44)32-22-26-34(27-23-32)47-51-40-17-5-7-19-42(40)56(47)38-15-9-13-36(49)29-38/h1-29H. The summed E-state index contributed by atoms with van der Waals surface area (Å²) in [5.41, 5.74) is 8.90. The molecule has 0 radical (unpaired) electrons. The van der Waals surface area contributed by atoms with Crippen LogP contribution in [0.2, 0.25) is 0 Å². The van der Waals surface area contributed by atoms with E-state index in [0.29, 0.717) is 40.5 Å². The summed E-state index contributed by atoms with van der Waals surface area (Å²) in [4.78, 5) is 24.7. The second-order valence-corrected chi connectivity index (χ2v) is 13.3. The Labute approximate surface area is 319 Å². The first-order chi connectivity index (χ1) is 27.6. The molecule has 0 unspecified atom stereocenters. The lowest BCUT2D eigenvalue weighted by atomic mass is 10.1. The van der Waals surface area contributed by atoms with Gasteiger partial charge in [0.15, 0.2) is 17.5 Å². The Morgan fingerprint density at radius 3 is 1.12 bits per heavy atom. The number of nitrogens with zero attached hydrogens (tertiary/aromatic N) is 7. The zero-order chi connectivity index (χ0) is 37.6. The number of rotatable bonds is 7. The predicted octanol–water partition coefficient (Wildman–Crippen LogP) is 11.2. The molecule has 0 spiro atoms. The Hall–Kier alpha value is -7.65. The smallest absolute Gasteiger partial charge is 0.164 e. The van der Waals surface area contributed by atoms with Gasteiger partial charge >= 0.3 is 0 Å². The topological polar surface area (TPSA) is 74.3 Å². The summed E-state index contributed by atoms with van der Waals surface area (Å²) in [5.74, 6) is 2.30. The van der Waals surface area contributed by atoms with Gasteiger partial charge in [0.05, 0.1) is 33.4 Å². The molecule has 0 aliphatic carbocycles. The molecule has 0 fully saturated rings. The van der Waals surface area contributed by atoms with Crippen LogP contribution in [0.4, 0.5) is 8.78 Å². The quantitative estimate of drug-likeness (QED) is 0.163. The van der Waals surface area contributed by atoms with Crippen molar-refractivity contribution < 1.29 is 8.78 Å². The van der Waals surface area contributed by atoms with Gasteiger partial charge in [0, 0.05) is 27.8 Å². The number of fused-ring (bicyclic) bond motifs is 2. The van der Waals surface area contributed by atoms with E-state index in [1.54, 1.807) is 12.1 Å². The third kappa shape index (κ3) is 5.97. The van der Waals surface area contributed by atoms with Crippen LogP contribution in [0.3, 0.4) is 0 Å². The Morgan fingerprint density at radius 1 is 0.321 bits per heavy atom. The monoisotopic (exact) mass is 729 g/mol. The summed E-state index contributed by atoms with van der Waals surface area (Å²) in [6.45, 7) is 0. The molecule has 0 bridgehead atoms. The maximum absolute atomic E-state index is 14.4. The van der Waals surface area contributed by atoms with Crippen molar-refractivity contribution >= 4 is 22.1 Å². The van der Waals surface area contributed by atoms with E-state index in [2.05, 4.69) is 0 Å². The molecule has 0 saturated carbocycles. The van der Waals surface area contributed by atoms with Crippen molar-refractivity contribution in [3.8, 4) is 68.3 Å². The zero-order valence-electron chi connectivity index (χ0n) is 29.6. The molecule has 0 saturated heterocycles. The van der Waals surface area contributed by atoms with Crippen LogP contribution in [0.1, 0.15) is 0 Å². The number of hydrogen-bond acceptors (Lipinski definition) is 5. The second kappa shape index (κ2) is 13.6. The molecule has 7 aromatic carbocycles. The highest BCUT2D eigenvalue weighted by Gasteiger charge is 2.18. The molecule has 10 rings (SSSR count). The molecule has 3 heterocycles. The number of halogens is 2. The average molecular weight is 730 g/mol. The number of benzene rings is 7. The predicted molar refractivity (Wildman–Crippen MR) is 216 cm³/mol. The fourth-order valence-electron chi connectivity index (χ4n) is 7.08. The van der Waals surface area contributed by atoms with Crippen molar-refractivity contribution in [2.45, 2.75) is 0 Å². The summed E-state index contributed by atoms with van der Waals surface area (Å²) in [6, 6.07) is 54.3. The van der Waals surface area contributed by atoms with E-state index in [0.717, 1.165) is 49.9 Å². The number of imidazole rings is 2.